The number of nitrogens with zero attached hydrogens (tertiary/aromatic N) is 1. The molecule has 0 aromatic carbocycles. The normalized spacial score (nSPS) is 42.1. The Morgan fingerprint density at radius 1 is 1.20 bits per heavy atom. The third kappa shape index (κ3) is 2.86. The van der Waals surface area contributed by atoms with Crippen LogP contribution in [0.25, 0.3) is 0 Å². The molecule has 2 N–H and O–H groups in total. The largest absolute Gasteiger partial charge is 0.377 e. The molecule has 0 radical (unpaired) electrons. The van der Waals surface area contributed by atoms with Crippen LogP contribution in [0.15, 0.2) is 0 Å². The van der Waals surface area contributed by atoms with E-state index in [2.05, 4.69) is 11.8 Å². The van der Waals surface area contributed by atoms with E-state index in [4.69, 9.17) is 10.5 Å². The van der Waals surface area contributed by atoms with Crippen LogP contribution in [0.1, 0.15) is 45.4 Å². The molecule has 4 nitrogen and oxygen atoms in total. The van der Waals surface area contributed by atoms with Crippen molar-refractivity contribution in [3.63, 3.8) is 0 Å². The molecule has 1 amide bonds. The van der Waals surface area contributed by atoms with E-state index in [1.165, 1.54) is 19.3 Å². The fraction of sp³-hybridized carbons (Fsp3) is 0.938. The zero-order valence-corrected chi connectivity index (χ0v) is 12.6. The third-order valence-corrected chi connectivity index (χ3v) is 5.53. The van der Waals surface area contributed by atoms with Crippen molar-refractivity contribution in [2.75, 3.05) is 19.7 Å². The van der Waals surface area contributed by atoms with E-state index in [9.17, 15) is 4.79 Å². The standard InChI is InChI=1S/C16H28N2O2/c1-11-10-18(6-3-7-20-11)16(19)14-8-12-4-2-5-13(9-14)15(12)17/h11-15H,2-10,17H2,1H3. The fourth-order valence-corrected chi connectivity index (χ4v) is 4.44. The first kappa shape index (κ1) is 14.3. The molecule has 0 aromatic heterocycles. The number of hydrogen-bond donors (Lipinski definition) is 1. The van der Waals surface area contributed by atoms with Gasteiger partial charge in [0.25, 0.3) is 0 Å². The van der Waals surface area contributed by atoms with Crippen molar-refractivity contribution in [3.8, 4) is 0 Å². The van der Waals surface area contributed by atoms with Crippen LogP contribution < -0.4 is 5.73 Å². The van der Waals surface area contributed by atoms with E-state index in [-0.39, 0.29) is 12.0 Å². The number of amides is 1. The second-order valence-electron chi connectivity index (χ2n) is 7.02. The molecule has 0 aromatic rings. The maximum atomic E-state index is 12.8. The van der Waals surface area contributed by atoms with Crippen LogP contribution in [0.2, 0.25) is 0 Å². The Balaban J connectivity index is 1.65. The van der Waals surface area contributed by atoms with Gasteiger partial charge < -0.3 is 15.4 Å². The molecule has 20 heavy (non-hydrogen) atoms. The van der Waals surface area contributed by atoms with Gasteiger partial charge in [-0.3, -0.25) is 4.79 Å². The van der Waals surface area contributed by atoms with Gasteiger partial charge in [0, 0.05) is 31.7 Å². The molecule has 3 aliphatic rings. The minimum Gasteiger partial charge on any atom is -0.377 e. The zero-order valence-electron chi connectivity index (χ0n) is 12.6. The maximum Gasteiger partial charge on any atom is 0.225 e. The summed E-state index contributed by atoms with van der Waals surface area (Å²) in [6.07, 6.45) is 6.92. The highest BCUT2D eigenvalue weighted by Gasteiger charge is 2.41. The van der Waals surface area contributed by atoms with Gasteiger partial charge in [-0.2, -0.15) is 0 Å². The molecule has 1 saturated heterocycles. The Bertz CT molecular complexity index is 346. The van der Waals surface area contributed by atoms with Crippen molar-refractivity contribution in [3.05, 3.63) is 0 Å². The average Bonchev–Trinajstić information content (AvgIpc) is 2.62. The minimum absolute atomic E-state index is 0.173. The Hall–Kier alpha value is -0.610. The number of rotatable bonds is 1. The second kappa shape index (κ2) is 6.02. The van der Waals surface area contributed by atoms with Gasteiger partial charge in [-0.1, -0.05) is 6.42 Å². The van der Waals surface area contributed by atoms with Crippen molar-refractivity contribution < 1.29 is 9.53 Å². The van der Waals surface area contributed by atoms with Crippen LogP contribution in [-0.4, -0.2) is 42.6 Å². The number of fused-ring (bicyclic) bond motifs is 2. The molecule has 1 aliphatic heterocycles. The van der Waals surface area contributed by atoms with Crippen LogP contribution >= 0.6 is 0 Å². The Kier molecular flexibility index (Phi) is 4.32. The second-order valence-corrected chi connectivity index (χ2v) is 7.02. The molecule has 2 bridgehead atoms. The summed E-state index contributed by atoms with van der Waals surface area (Å²) in [6, 6.07) is 0.346. The summed E-state index contributed by atoms with van der Waals surface area (Å²) < 4.78 is 5.65. The smallest absolute Gasteiger partial charge is 0.225 e. The van der Waals surface area contributed by atoms with Crippen LogP contribution in [0.5, 0.6) is 0 Å². The molecule has 2 saturated carbocycles. The highest BCUT2D eigenvalue weighted by atomic mass is 16.5. The van der Waals surface area contributed by atoms with E-state index in [0.717, 1.165) is 39.0 Å². The average molecular weight is 280 g/mol. The highest BCUT2D eigenvalue weighted by Crippen LogP contribution is 2.42. The van der Waals surface area contributed by atoms with Crippen LogP contribution in [-0.2, 0) is 9.53 Å². The first-order valence-corrected chi connectivity index (χ1v) is 8.31. The van der Waals surface area contributed by atoms with Crippen molar-refractivity contribution in [2.24, 2.45) is 23.5 Å². The Labute approximate surface area is 122 Å². The number of nitrogens with two attached hydrogens (primary N) is 1. The van der Waals surface area contributed by atoms with Gasteiger partial charge in [-0.25, -0.2) is 0 Å². The van der Waals surface area contributed by atoms with E-state index in [1.807, 2.05) is 0 Å². The molecule has 0 spiro atoms. The van der Waals surface area contributed by atoms with Crippen molar-refractivity contribution >= 4 is 5.91 Å². The molecular weight excluding hydrogens is 252 g/mol. The van der Waals surface area contributed by atoms with Crippen LogP contribution in [0, 0.1) is 17.8 Å². The summed E-state index contributed by atoms with van der Waals surface area (Å²) in [6.45, 7) is 4.47. The summed E-state index contributed by atoms with van der Waals surface area (Å²) in [5, 5.41) is 0. The van der Waals surface area contributed by atoms with Crippen LogP contribution in [0.3, 0.4) is 0 Å². The summed E-state index contributed by atoms with van der Waals surface area (Å²) >= 11 is 0. The van der Waals surface area contributed by atoms with Gasteiger partial charge in [-0.05, 0) is 50.9 Å². The van der Waals surface area contributed by atoms with Gasteiger partial charge in [0.1, 0.15) is 0 Å². The first-order chi connectivity index (χ1) is 9.65. The van der Waals surface area contributed by atoms with Crippen molar-refractivity contribution in [2.45, 2.75) is 57.6 Å². The maximum absolute atomic E-state index is 12.8. The van der Waals surface area contributed by atoms with E-state index >= 15 is 0 Å². The minimum atomic E-state index is 0.173. The number of hydrogen-bond acceptors (Lipinski definition) is 3. The lowest BCUT2D eigenvalue weighted by Crippen LogP contribution is -2.50. The van der Waals surface area contributed by atoms with Gasteiger partial charge in [0.05, 0.1) is 6.10 Å². The van der Waals surface area contributed by atoms with E-state index in [0.29, 0.717) is 23.8 Å². The predicted molar refractivity (Wildman–Crippen MR) is 78.1 cm³/mol. The first-order valence-electron chi connectivity index (χ1n) is 8.31. The summed E-state index contributed by atoms with van der Waals surface area (Å²) in [4.78, 5) is 14.9. The highest BCUT2D eigenvalue weighted by molar-refractivity contribution is 5.79. The van der Waals surface area contributed by atoms with Gasteiger partial charge in [0.2, 0.25) is 5.91 Å². The lowest BCUT2D eigenvalue weighted by molar-refractivity contribution is -0.139. The summed E-state index contributed by atoms with van der Waals surface area (Å²) in [5.74, 6) is 1.75. The molecule has 4 heteroatoms. The number of carbonyl (C=O) groups excluding carboxylic acids is 1. The molecular formula is C16H28N2O2. The van der Waals surface area contributed by atoms with Crippen molar-refractivity contribution in [1.29, 1.82) is 0 Å². The lowest BCUT2D eigenvalue weighted by atomic mass is 9.65. The van der Waals surface area contributed by atoms with Gasteiger partial charge in [-0.15, -0.1) is 0 Å². The molecule has 3 unspecified atom stereocenters. The van der Waals surface area contributed by atoms with Crippen LogP contribution in [0.4, 0.5) is 0 Å². The molecule has 2 aliphatic carbocycles. The molecule has 1 heterocycles. The summed E-state index contributed by atoms with van der Waals surface area (Å²) in [7, 11) is 0. The van der Waals surface area contributed by atoms with Crippen molar-refractivity contribution in [1.82, 2.24) is 4.90 Å². The van der Waals surface area contributed by atoms with Gasteiger partial charge in [0.15, 0.2) is 0 Å². The lowest BCUT2D eigenvalue weighted by Gasteiger charge is -2.44. The predicted octanol–water partition coefficient (Wildman–Crippen LogP) is 1.78. The van der Waals surface area contributed by atoms with Gasteiger partial charge >= 0.3 is 0 Å². The summed E-state index contributed by atoms with van der Waals surface area (Å²) in [5.41, 5.74) is 6.33. The molecule has 3 rings (SSSR count). The number of carbonyl (C=O) groups is 1. The quantitative estimate of drug-likeness (QED) is 0.796. The molecule has 114 valence electrons. The monoisotopic (exact) mass is 280 g/mol. The Morgan fingerprint density at radius 3 is 2.60 bits per heavy atom. The molecule has 3 atom stereocenters. The zero-order chi connectivity index (χ0) is 14.1. The number of ether oxygens (including phenoxy) is 1. The molecule has 3 fully saturated rings. The third-order valence-electron chi connectivity index (χ3n) is 5.53. The van der Waals surface area contributed by atoms with E-state index < -0.39 is 0 Å². The fourth-order valence-electron chi connectivity index (χ4n) is 4.44. The Morgan fingerprint density at radius 2 is 1.90 bits per heavy atom. The van der Waals surface area contributed by atoms with E-state index in [1.54, 1.807) is 0 Å². The topological polar surface area (TPSA) is 55.6 Å². The SMILES string of the molecule is CC1CN(C(=O)C2CC3CCCC(C2)C3N)CCCO1.